The van der Waals surface area contributed by atoms with E-state index in [0.717, 1.165) is 11.1 Å². The number of nitro groups is 2. The minimum absolute atomic E-state index is 0.0322. The van der Waals surface area contributed by atoms with Crippen molar-refractivity contribution in [2.75, 3.05) is 5.32 Å². The van der Waals surface area contributed by atoms with Gasteiger partial charge in [0.25, 0.3) is 5.69 Å². The van der Waals surface area contributed by atoms with Crippen molar-refractivity contribution in [1.29, 1.82) is 0 Å². The van der Waals surface area contributed by atoms with Crippen LogP contribution in [-0.2, 0) is 11.3 Å². The van der Waals surface area contributed by atoms with Crippen LogP contribution in [-0.4, -0.2) is 25.5 Å². The molecular formula is C21H21N5O6. The number of carbonyl (C=O) groups excluding carboxylic acids is 1. The third-order valence-corrected chi connectivity index (χ3v) is 4.66. The highest BCUT2D eigenvalue weighted by molar-refractivity contribution is 5.91. The second-order valence-corrected chi connectivity index (χ2v) is 7.27. The van der Waals surface area contributed by atoms with E-state index in [1.165, 1.54) is 28.9 Å². The maximum atomic E-state index is 12.4. The van der Waals surface area contributed by atoms with Crippen molar-refractivity contribution in [3.8, 4) is 11.5 Å². The molecule has 0 atom stereocenters. The Morgan fingerprint density at radius 1 is 1.06 bits per heavy atom. The van der Waals surface area contributed by atoms with E-state index in [1.807, 2.05) is 32.0 Å². The summed E-state index contributed by atoms with van der Waals surface area (Å²) in [6.45, 7) is 5.53. The number of anilines is 1. The second kappa shape index (κ2) is 9.25. The summed E-state index contributed by atoms with van der Waals surface area (Å²) in [7, 11) is 0. The Bertz CT molecular complexity index is 1200. The van der Waals surface area contributed by atoms with Gasteiger partial charge in [-0.25, -0.2) is 0 Å². The predicted octanol–water partition coefficient (Wildman–Crippen LogP) is 4.45. The fourth-order valence-corrected chi connectivity index (χ4v) is 3.00. The molecule has 11 nitrogen and oxygen atoms in total. The number of benzene rings is 2. The number of carbonyl (C=O) groups is 1. The van der Waals surface area contributed by atoms with Crippen LogP contribution >= 0.6 is 0 Å². The highest BCUT2D eigenvalue weighted by atomic mass is 16.6. The summed E-state index contributed by atoms with van der Waals surface area (Å²) in [4.78, 5) is 33.4. The van der Waals surface area contributed by atoms with Crippen molar-refractivity contribution in [2.24, 2.45) is 0 Å². The third kappa shape index (κ3) is 5.45. The smallest absolute Gasteiger partial charge is 0.390 e. The molecule has 1 amide bonds. The molecule has 166 valence electrons. The zero-order chi connectivity index (χ0) is 23.4. The molecule has 0 fully saturated rings. The average Bonchev–Trinajstić information content (AvgIpc) is 3.10. The minimum Gasteiger partial charge on any atom is -0.457 e. The van der Waals surface area contributed by atoms with E-state index < -0.39 is 15.8 Å². The van der Waals surface area contributed by atoms with Gasteiger partial charge in [0.05, 0.1) is 40.1 Å². The number of rotatable bonds is 8. The highest BCUT2D eigenvalue weighted by Crippen LogP contribution is 2.31. The van der Waals surface area contributed by atoms with E-state index >= 15 is 0 Å². The van der Waals surface area contributed by atoms with Gasteiger partial charge in [-0.05, 0) is 42.9 Å². The number of hydrogen-bond donors (Lipinski definition) is 1. The molecule has 0 aliphatic rings. The lowest BCUT2D eigenvalue weighted by Gasteiger charge is -2.12. The fourth-order valence-electron chi connectivity index (χ4n) is 3.00. The standard InChI is InChI=1S/C21H21N5O6/c1-13-4-5-14(2)19(8-13)32-18-11-16(10-17(12-18)25(28)29)22-21(27)6-7-24-15(3)9-20(23-24)26(30)31/h4-5,8-12H,6-7H2,1-3H3,(H,22,27). The molecule has 11 heteroatoms. The minimum atomic E-state index is -0.607. The van der Waals surface area contributed by atoms with Crippen molar-refractivity contribution in [3.05, 3.63) is 79.5 Å². The zero-order valence-corrected chi connectivity index (χ0v) is 17.7. The van der Waals surface area contributed by atoms with Crippen LogP contribution in [0.3, 0.4) is 0 Å². The van der Waals surface area contributed by atoms with E-state index in [0.29, 0.717) is 11.4 Å². The van der Waals surface area contributed by atoms with Crippen LogP contribution in [0.15, 0.2) is 42.5 Å². The van der Waals surface area contributed by atoms with Crippen molar-refractivity contribution in [1.82, 2.24) is 9.78 Å². The molecule has 0 radical (unpaired) electrons. The molecule has 2 aromatic carbocycles. The summed E-state index contributed by atoms with van der Waals surface area (Å²) in [5.74, 6) is 0.0378. The van der Waals surface area contributed by atoms with Crippen LogP contribution in [0.2, 0.25) is 0 Å². The molecule has 1 aromatic heterocycles. The van der Waals surface area contributed by atoms with Crippen LogP contribution in [0.1, 0.15) is 23.2 Å². The van der Waals surface area contributed by atoms with Crippen LogP contribution in [0.4, 0.5) is 17.2 Å². The first-order valence-corrected chi connectivity index (χ1v) is 9.65. The fraction of sp³-hybridized carbons (Fsp3) is 0.238. The molecule has 0 unspecified atom stereocenters. The molecular weight excluding hydrogens is 418 g/mol. The zero-order valence-electron chi connectivity index (χ0n) is 17.7. The molecule has 0 aliphatic heterocycles. The third-order valence-electron chi connectivity index (χ3n) is 4.66. The van der Waals surface area contributed by atoms with E-state index in [9.17, 15) is 25.0 Å². The van der Waals surface area contributed by atoms with E-state index in [1.54, 1.807) is 6.92 Å². The van der Waals surface area contributed by atoms with E-state index in [4.69, 9.17) is 4.74 Å². The van der Waals surface area contributed by atoms with Gasteiger partial charge in [0, 0.05) is 18.6 Å². The Balaban J connectivity index is 1.75. The molecule has 3 aromatic rings. The number of non-ortho nitro benzene ring substituents is 1. The quantitative estimate of drug-likeness (QED) is 0.403. The summed E-state index contributed by atoms with van der Waals surface area (Å²) < 4.78 is 7.20. The van der Waals surface area contributed by atoms with Crippen molar-refractivity contribution >= 4 is 23.1 Å². The average molecular weight is 439 g/mol. The second-order valence-electron chi connectivity index (χ2n) is 7.27. The first-order chi connectivity index (χ1) is 15.1. The Kier molecular flexibility index (Phi) is 6.47. The predicted molar refractivity (Wildman–Crippen MR) is 116 cm³/mol. The summed E-state index contributed by atoms with van der Waals surface area (Å²) in [6.07, 6.45) is -0.0322. The van der Waals surface area contributed by atoms with E-state index in [-0.39, 0.29) is 35.9 Å². The number of ether oxygens (including phenoxy) is 1. The molecule has 0 spiro atoms. The van der Waals surface area contributed by atoms with Gasteiger partial charge in [0.1, 0.15) is 11.5 Å². The number of nitrogens with one attached hydrogen (secondary N) is 1. The van der Waals surface area contributed by atoms with Gasteiger partial charge >= 0.3 is 5.82 Å². The van der Waals surface area contributed by atoms with Crippen molar-refractivity contribution in [2.45, 2.75) is 33.7 Å². The van der Waals surface area contributed by atoms with Gasteiger partial charge in [-0.2, -0.15) is 4.68 Å². The molecule has 1 heterocycles. The number of aromatic nitrogens is 2. The summed E-state index contributed by atoms with van der Waals surface area (Å²) in [5.41, 5.74) is 2.34. The topological polar surface area (TPSA) is 142 Å². The number of amides is 1. The largest absolute Gasteiger partial charge is 0.457 e. The number of hydrogen-bond acceptors (Lipinski definition) is 7. The summed E-state index contributed by atoms with van der Waals surface area (Å²) >= 11 is 0. The van der Waals surface area contributed by atoms with Gasteiger partial charge in [-0.1, -0.05) is 12.1 Å². The van der Waals surface area contributed by atoms with Gasteiger partial charge in [-0.15, -0.1) is 0 Å². The van der Waals surface area contributed by atoms with Gasteiger partial charge in [0.15, 0.2) is 0 Å². The van der Waals surface area contributed by atoms with Crippen LogP contribution < -0.4 is 10.1 Å². The highest BCUT2D eigenvalue weighted by Gasteiger charge is 2.17. The lowest BCUT2D eigenvalue weighted by molar-refractivity contribution is -0.389. The first-order valence-electron chi connectivity index (χ1n) is 9.65. The molecule has 0 saturated heterocycles. The summed E-state index contributed by atoms with van der Waals surface area (Å²) in [6, 6.07) is 11.0. The van der Waals surface area contributed by atoms with Gasteiger partial charge in [0.2, 0.25) is 5.91 Å². The molecule has 0 bridgehead atoms. The molecule has 32 heavy (non-hydrogen) atoms. The lowest BCUT2D eigenvalue weighted by atomic mass is 10.1. The first kappa shape index (κ1) is 22.4. The maximum Gasteiger partial charge on any atom is 0.390 e. The maximum absolute atomic E-state index is 12.4. The van der Waals surface area contributed by atoms with Gasteiger partial charge in [-0.3, -0.25) is 14.9 Å². The number of aryl methyl sites for hydroxylation is 4. The Morgan fingerprint density at radius 2 is 1.81 bits per heavy atom. The van der Waals surface area contributed by atoms with Gasteiger partial charge < -0.3 is 20.2 Å². The molecule has 0 aliphatic carbocycles. The van der Waals surface area contributed by atoms with Crippen molar-refractivity contribution in [3.63, 3.8) is 0 Å². The monoisotopic (exact) mass is 439 g/mol. The lowest BCUT2D eigenvalue weighted by Crippen LogP contribution is -2.15. The Morgan fingerprint density at radius 3 is 2.47 bits per heavy atom. The van der Waals surface area contributed by atoms with E-state index in [2.05, 4.69) is 10.4 Å². The van der Waals surface area contributed by atoms with Crippen LogP contribution in [0.5, 0.6) is 11.5 Å². The Hall–Kier alpha value is -4.28. The SMILES string of the molecule is Cc1ccc(C)c(Oc2cc(NC(=O)CCn3nc([N+](=O)[O-])cc3C)cc([N+](=O)[O-])c2)c1. The van der Waals surface area contributed by atoms with Crippen LogP contribution in [0.25, 0.3) is 0 Å². The Labute approximate surface area is 182 Å². The van der Waals surface area contributed by atoms with Crippen molar-refractivity contribution < 1.29 is 19.4 Å². The van der Waals surface area contributed by atoms with Crippen LogP contribution in [0, 0.1) is 41.0 Å². The number of nitrogens with zero attached hydrogens (tertiary/aromatic N) is 4. The molecule has 1 N–H and O–H groups in total. The normalized spacial score (nSPS) is 10.6. The number of nitro benzene ring substituents is 1. The summed E-state index contributed by atoms with van der Waals surface area (Å²) in [5, 5.41) is 28.6. The molecule has 3 rings (SSSR count). The molecule has 0 saturated carbocycles.